The number of carbonyl (C=O) groups excluding carboxylic acids is 3. The molecule has 0 N–H and O–H groups in total. The zero-order chi connectivity index (χ0) is 42.7. The Labute approximate surface area is 357 Å². The molecular formula is C50H91NO7. The highest BCUT2D eigenvalue weighted by Gasteiger charge is 2.19. The van der Waals surface area contributed by atoms with E-state index in [1.807, 2.05) is 6.92 Å². The molecule has 0 aliphatic heterocycles. The van der Waals surface area contributed by atoms with Gasteiger partial charge in [0.05, 0.1) is 18.3 Å². The summed E-state index contributed by atoms with van der Waals surface area (Å²) in [6, 6.07) is 0. The summed E-state index contributed by atoms with van der Waals surface area (Å²) < 4.78 is 23.1. The van der Waals surface area contributed by atoms with Gasteiger partial charge in [0.2, 0.25) is 0 Å². The molecule has 0 radical (unpaired) electrons. The molecule has 0 heterocycles. The van der Waals surface area contributed by atoms with Crippen molar-refractivity contribution in [2.45, 2.75) is 226 Å². The highest BCUT2D eigenvalue weighted by molar-refractivity contribution is 5.69. The van der Waals surface area contributed by atoms with Gasteiger partial charge in [0.25, 0.3) is 0 Å². The normalized spacial score (nSPS) is 12.0. The van der Waals surface area contributed by atoms with Crippen molar-refractivity contribution in [2.75, 3.05) is 33.4 Å². The number of hydrogen-bond donors (Lipinski definition) is 0. The van der Waals surface area contributed by atoms with Crippen LogP contribution in [0.5, 0.6) is 0 Å². The standard InChI is InChI=1S/C50H91NO7/c1-7-11-14-17-20-21-22-23-24-25-26-27-28-31-34-39-48(52)56-43-46(44-57-50(54)51(6)41-10-4)42-55-45(5)36-35-40-49(53)58-47(37-32-29-18-15-12-8-2)38-33-30-19-16-13-9-3/h20-21,23-24,46-47H,5,7-19,22,25-44H2,1-4,6H3/b21-20-,24-23-. The van der Waals surface area contributed by atoms with Crippen LogP contribution in [0.1, 0.15) is 220 Å². The molecule has 0 bridgehead atoms. The van der Waals surface area contributed by atoms with Gasteiger partial charge in [-0.15, -0.1) is 0 Å². The van der Waals surface area contributed by atoms with Gasteiger partial charge in [-0.2, -0.15) is 0 Å². The molecule has 0 aromatic carbocycles. The van der Waals surface area contributed by atoms with Gasteiger partial charge in [0.1, 0.15) is 19.3 Å². The predicted octanol–water partition coefficient (Wildman–Crippen LogP) is 14.6. The van der Waals surface area contributed by atoms with E-state index in [1.165, 1.54) is 101 Å². The van der Waals surface area contributed by atoms with Crippen molar-refractivity contribution in [3.05, 3.63) is 36.6 Å². The molecule has 0 aromatic heterocycles. The fourth-order valence-corrected chi connectivity index (χ4v) is 6.78. The molecule has 0 aliphatic carbocycles. The van der Waals surface area contributed by atoms with Crippen molar-refractivity contribution in [2.24, 2.45) is 5.92 Å². The van der Waals surface area contributed by atoms with Gasteiger partial charge in [-0.25, -0.2) is 4.79 Å². The summed E-state index contributed by atoms with van der Waals surface area (Å²) in [6.45, 7) is 13.8. The summed E-state index contributed by atoms with van der Waals surface area (Å²) in [6.07, 6.45) is 40.4. The molecule has 8 heteroatoms. The van der Waals surface area contributed by atoms with Gasteiger partial charge in [0.15, 0.2) is 0 Å². The van der Waals surface area contributed by atoms with Crippen molar-refractivity contribution in [3.8, 4) is 0 Å². The third kappa shape index (κ3) is 37.5. The quantitative estimate of drug-likeness (QED) is 0.0199. The molecule has 8 nitrogen and oxygen atoms in total. The first kappa shape index (κ1) is 55.2. The zero-order valence-electron chi connectivity index (χ0n) is 38.5. The van der Waals surface area contributed by atoms with E-state index in [0.29, 0.717) is 38.0 Å². The topological polar surface area (TPSA) is 91.4 Å². The highest BCUT2D eigenvalue weighted by atomic mass is 16.6. The molecule has 338 valence electrons. The first-order valence-corrected chi connectivity index (χ1v) is 24.1. The minimum Gasteiger partial charge on any atom is -0.498 e. The summed E-state index contributed by atoms with van der Waals surface area (Å²) in [5.74, 6) is -0.168. The molecule has 0 saturated heterocycles. The minimum atomic E-state index is -0.410. The molecule has 0 fully saturated rings. The summed E-state index contributed by atoms with van der Waals surface area (Å²) in [4.78, 5) is 39.5. The Bertz CT molecular complexity index is 1020. The lowest BCUT2D eigenvalue weighted by atomic mass is 10.0. The van der Waals surface area contributed by atoms with Crippen LogP contribution in [-0.2, 0) is 28.5 Å². The largest absolute Gasteiger partial charge is 0.498 e. The summed E-state index contributed by atoms with van der Waals surface area (Å²) >= 11 is 0. The molecule has 0 rings (SSSR count). The van der Waals surface area contributed by atoms with Crippen LogP contribution in [0.4, 0.5) is 4.79 Å². The van der Waals surface area contributed by atoms with Gasteiger partial charge in [0, 0.05) is 32.9 Å². The van der Waals surface area contributed by atoms with E-state index in [4.69, 9.17) is 18.9 Å². The smallest absolute Gasteiger partial charge is 0.409 e. The second kappa shape index (κ2) is 42.4. The molecule has 0 aromatic rings. The van der Waals surface area contributed by atoms with E-state index in [-0.39, 0.29) is 43.8 Å². The van der Waals surface area contributed by atoms with Gasteiger partial charge in [-0.05, 0) is 77.0 Å². The molecule has 1 amide bonds. The van der Waals surface area contributed by atoms with Crippen LogP contribution in [0.15, 0.2) is 36.6 Å². The van der Waals surface area contributed by atoms with Crippen LogP contribution in [0, 0.1) is 5.92 Å². The Hall–Kier alpha value is -2.77. The van der Waals surface area contributed by atoms with Crippen molar-refractivity contribution < 1.29 is 33.3 Å². The first-order chi connectivity index (χ1) is 28.3. The first-order valence-electron chi connectivity index (χ1n) is 24.1. The number of rotatable bonds is 42. The van der Waals surface area contributed by atoms with Crippen LogP contribution in [0.2, 0.25) is 0 Å². The summed E-state index contributed by atoms with van der Waals surface area (Å²) in [7, 11) is 1.71. The molecule has 1 atom stereocenters. The van der Waals surface area contributed by atoms with Gasteiger partial charge in [-0.3, -0.25) is 9.59 Å². The van der Waals surface area contributed by atoms with E-state index >= 15 is 0 Å². The number of unbranched alkanes of at least 4 members (excludes halogenated alkanes) is 18. The second-order valence-corrected chi connectivity index (χ2v) is 16.5. The fraction of sp³-hybridized carbons (Fsp3) is 0.820. The molecular weight excluding hydrogens is 727 g/mol. The van der Waals surface area contributed by atoms with E-state index < -0.39 is 6.09 Å². The average Bonchev–Trinajstić information content (AvgIpc) is 3.21. The average molecular weight is 818 g/mol. The summed E-state index contributed by atoms with van der Waals surface area (Å²) in [5.41, 5.74) is 0. The van der Waals surface area contributed by atoms with Crippen LogP contribution in [0.3, 0.4) is 0 Å². The maximum atomic E-state index is 12.9. The second-order valence-electron chi connectivity index (χ2n) is 16.5. The zero-order valence-corrected chi connectivity index (χ0v) is 38.5. The lowest BCUT2D eigenvalue weighted by Crippen LogP contribution is -2.32. The maximum Gasteiger partial charge on any atom is 0.409 e. The van der Waals surface area contributed by atoms with Crippen LogP contribution >= 0.6 is 0 Å². The Morgan fingerprint density at radius 2 is 1.00 bits per heavy atom. The third-order valence-corrected chi connectivity index (χ3v) is 10.5. The molecule has 0 saturated carbocycles. The van der Waals surface area contributed by atoms with Crippen LogP contribution in [-0.4, -0.2) is 62.4 Å². The van der Waals surface area contributed by atoms with Gasteiger partial charge >= 0.3 is 18.0 Å². The molecule has 58 heavy (non-hydrogen) atoms. The highest BCUT2D eigenvalue weighted by Crippen LogP contribution is 2.19. The van der Waals surface area contributed by atoms with E-state index in [0.717, 1.165) is 70.6 Å². The van der Waals surface area contributed by atoms with E-state index in [2.05, 4.69) is 51.7 Å². The summed E-state index contributed by atoms with van der Waals surface area (Å²) in [5, 5.41) is 0. The maximum absolute atomic E-state index is 12.9. The van der Waals surface area contributed by atoms with Gasteiger partial charge < -0.3 is 23.8 Å². The monoisotopic (exact) mass is 818 g/mol. The molecule has 1 unspecified atom stereocenters. The number of nitrogens with zero attached hydrogens (tertiary/aromatic N) is 1. The molecule has 0 aliphatic rings. The number of carbonyl (C=O) groups is 3. The Morgan fingerprint density at radius 1 is 0.517 bits per heavy atom. The Morgan fingerprint density at radius 3 is 1.60 bits per heavy atom. The van der Waals surface area contributed by atoms with Gasteiger partial charge in [-0.1, -0.05) is 155 Å². The number of allylic oxidation sites excluding steroid dienone is 5. The predicted molar refractivity (Wildman–Crippen MR) is 243 cm³/mol. The van der Waals surface area contributed by atoms with E-state index in [1.54, 1.807) is 7.05 Å². The number of ether oxygens (including phenoxy) is 4. The third-order valence-electron chi connectivity index (χ3n) is 10.5. The van der Waals surface area contributed by atoms with Crippen molar-refractivity contribution in [1.29, 1.82) is 0 Å². The SMILES string of the molecule is C=C(CCCC(=O)OC(CCCCCCCC)CCCCCCCC)OCC(COC(=O)CCCCCCC/C=C\C/C=C\CCCCC)COC(=O)N(C)CCC. The van der Waals surface area contributed by atoms with Crippen LogP contribution < -0.4 is 0 Å². The number of amides is 1. The van der Waals surface area contributed by atoms with E-state index in [9.17, 15) is 14.4 Å². The Kier molecular flexibility index (Phi) is 40.3. The van der Waals surface area contributed by atoms with Crippen molar-refractivity contribution in [3.63, 3.8) is 0 Å². The van der Waals surface area contributed by atoms with Crippen molar-refractivity contribution >= 4 is 18.0 Å². The number of hydrogen-bond acceptors (Lipinski definition) is 7. The van der Waals surface area contributed by atoms with Crippen molar-refractivity contribution in [1.82, 2.24) is 4.90 Å². The van der Waals surface area contributed by atoms with Crippen LogP contribution in [0.25, 0.3) is 0 Å². The lowest BCUT2D eigenvalue weighted by Gasteiger charge is -2.21. The minimum absolute atomic E-state index is 0.00178. The molecule has 0 spiro atoms. The Balaban J connectivity index is 4.64. The number of esters is 2. The fourth-order valence-electron chi connectivity index (χ4n) is 6.78. The lowest BCUT2D eigenvalue weighted by molar-refractivity contribution is -0.150.